The molecule has 0 heterocycles. The smallest absolute Gasteiger partial charge is 0.306 e. The summed E-state index contributed by atoms with van der Waals surface area (Å²) in [6, 6.07) is 6.55. The minimum absolute atomic E-state index is 0.233. The highest BCUT2D eigenvalue weighted by Gasteiger charge is 2.27. The van der Waals surface area contributed by atoms with Crippen LogP contribution in [-0.4, -0.2) is 16.7 Å². The van der Waals surface area contributed by atoms with Crippen molar-refractivity contribution < 1.29 is 14.7 Å². The lowest BCUT2D eigenvalue weighted by Crippen LogP contribution is -2.16. The van der Waals surface area contributed by atoms with E-state index in [0.29, 0.717) is 11.1 Å². The fourth-order valence-electron chi connectivity index (χ4n) is 1.32. The lowest BCUT2D eigenvalue weighted by molar-refractivity contribution is 0.0939. The van der Waals surface area contributed by atoms with E-state index < -0.39 is 0 Å². The number of ketones is 2. The molecule has 1 aromatic carbocycles. The van der Waals surface area contributed by atoms with Crippen molar-refractivity contribution in [3.05, 3.63) is 47.2 Å². The zero-order valence-corrected chi connectivity index (χ0v) is 6.70. The van der Waals surface area contributed by atoms with Crippen LogP contribution in [-0.2, 0) is 0 Å². The van der Waals surface area contributed by atoms with Gasteiger partial charge in [-0.05, 0) is 6.07 Å². The molecule has 0 bridgehead atoms. The van der Waals surface area contributed by atoms with Crippen LogP contribution < -0.4 is 0 Å². The molecule has 2 N–H and O–H groups in total. The van der Waals surface area contributed by atoms with Gasteiger partial charge in [-0.25, -0.2) is 0 Å². The number of fused-ring (bicyclic) bond motifs is 1. The molecule has 0 unspecified atom stereocenters. The summed E-state index contributed by atoms with van der Waals surface area (Å²) >= 11 is 0. The highest BCUT2D eigenvalue weighted by atomic mass is 16.3. The van der Waals surface area contributed by atoms with E-state index in [9.17, 15) is 9.59 Å². The third kappa shape index (κ3) is 1.05. The van der Waals surface area contributed by atoms with Crippen LogP contribution in [0.1, 0.15) is 20.7 Å². The Morgan fingerprint density at radius 2 is 1.62 bits per heavy atom. The molecule has 0 amide bonds. The zero-order valence-electron chi connectivity index (χ0n) is 6.70. The van der Waals surface area contributed by atoms with Crippen LogP contribution in [0, 0.1) is 0 Å². The highest BCUT2D eigenvalue weighted by molar-refractivity contribution is 6.23. The summed E-state index contributed by atoms with van der Waals surface area (Å²) in [5, 5.41) is 7.23. The fourth-order valence-corrected chi connectivity index (χ4v) is 1.32. The average Bonchev–Trinajstić information content (AvgIpc) is 2.15. The molecule has 3 nitrogen and oxygen atoms in total. The predicted octanol–water partition coefficient (Wildman–Crippen LogP) is 0.674. The molecule has 0 fully saturated rings. The van der Waals surface area contributed by atoms with Gasteiger partial charge < -0.3 is 5.11 Å². The van der Waals surface area contributed by atoms with E-state index in [0.717, 1.165) is 6.08 Å². The van der Waals surface area contributed by atoms with E-state index >= 15 is 0 Å². The van der Waals surface area contributed by atoms with Gasteiger partial charge >= 0.3 is 5.76 Å². The van der Waals surface area contributed by atoms with Crippen molar-refractivity contribution in [3.8, 4) is 0 Å². The largest absolute Gasteiger partial charge is 0.590 e. The number of Topliss-reactive ketones (excluding diaryl/α,β-unsaturated/α-hetero) is 1. The molecule has 0 saturated carbocycles. The molecule has 0 aliphatic heterocycles. The molecule has 1 aromatic rings. The standard InChI is InChI=1S/C10H6O3/c11-8-5-9(12)10(13)7-4-2-1-3-6(7)8/h1-5,12H/p+1. The molecule has 0 atom stereocenters. The van der Waals surface area contributed by atoms with Gasteiger partial charge in [0.2, 0.25) is 0 Å². The second kappa shape index (κ2) is 2.55. The number of hydrogen-bond donors (Lipinski definition) is 0. The number of rotatable bonds is 0. The molecule has 13 heavy (non-hydrogen) atoms. The number of allylic oxidation sites excluding steroid dienone is 2. The minimum Gasteiger partial charge on any atom is -0.590 e. The Kier molecular flexibility index (Phi) is 1.52. The predicted molar refractivity (Wildman–Crippen MR) is 46.8 cm³/mol. The molecule has 0 aromatic heterocycles. The highest BCUT2D eigenvalue weighted by Crippen LogP contribution is 2.19. The molecule has 0 radical (unpaired) electrons. The lowest BCUT2D eigenvalue weighted by Gasteiger charge is -2.07. The summed E-state index contributed by atoms with van der Waals surface area (Å²) in [7, 11) is 0. The summed E-state index contributed by atoms with van der Waals surface area (Å²) in [6.45, 7) is 0. The number of carbonyl (C=O) groups is 2. The van der Waals surface area contributed by atoms with E-state index in [-0.39, 0.29) is 17.3 Å². The van der Waals surface area contributed by atoms with Gasteiger partial charge in [-0.3, -0.25) is 9.59 Å². The summed E-state index contributed by atoms with van der Waals surface area (Å²) < 4.78 is 0. The number of carbonyl (C=O) groups excluding carboxylic acids is 2. The van der Waals surface area contributed by atoms with E-state index in [2.05, 4.69) is 0 Å². The van der Waals surface area contributed by atoms with Gasteiger partial charge in [0.05, 0.1) is 6.08 Å². The van der Waals surface area contributed by atoms with Crippen molar-refractivity contribution in [2.75, 3.05) is 0 Å². The first kappa shape index (κ1) is 7.73. The van der Waals surface area contributed by atoms with Gasteiger partial charge in [0.15, 0.2) is 5.78 Å². The molecule has 64 valence electrons. The van der Waals surface area contributed by atoms with Crippen LogP contribution in [0.2, 0.25) is 0 Å². The molecule has 3 heteroatoms. The van der Waals surface area contributed by atoms with E-state index in [1.165, 1.54) is 0 Å². The van der Waals surface area contributed by atoms with Crippen LogP contribution >= 0.6 is 0 Å². The van der Waals surface area contributed by atoms with Crippen LogP contribution in [0.25, 0.3) is 0 Å². The van der Waals surface area contributed by atoms with Crippen LogP contribution in [0.5, 0.6) is 0 Å². The Morgan fingerprint density at radius 1 is 1.00 bits per heavy atom. The summed E-state index contributed by atoms with van der Waals surface area (Å²) in [6.07, 6.45) is 1.06. The molecular weight excluding hydrogens is 168 g/mol. The Labute approximate surface area is 74.3 Å². The molecular formula is C10H7O3+. The monoisotopic (exact) mass is 175 g/mol. The molecule has 1 aliphatic rings. The van der Waals surface area contributed by atoms with E-state index in [4.69, 9.17) is 5.11 Å². The second-order valence-corrected chi connectivity index (χ2v) is 2.80. The van der Waals surface area contributed by atoms with E-state index in [1.807, 2.05) is 0 Å². The van der Waals surface area contributed by atoms with Gasteiger partial charge in [-0.1, -0.05) is 18.2 Å². The summed E-state index contributed by atoms with van der Waals surface area (Å²) in [4.78, 5) is 22.6. The van der Waals surface area contributed by atoms with Crippen molar-refractivity contribution in [3.63, 3.8) is 0 Å². The number of hydrogen-bond acceptors (Lipinski definition) is 2. The Bertz CT molecular complexity index is 430. The minimum atomic E-state index is -0.379. The van der Waals surface area contributed by atoms with Gasteiger partial charge in [-0.15, -0.1) is 0 Å². The van der Waals surface area contributed by atoms with Gasteiger partial charge in [0, 0.05) is 11.1 Å². The summed E-state index contributed by atoms with van der Waals surface area (Å²) in [5.41, 5.74) is 0.725. The Hall–Kier alpha value is -1.90. The first-order chi connectivity index (χ1) is 6.20. The van der Waals surface area contributed by atoms with Crippen molar-refractivity contribution >= 4 is 11.6 Å². The van der Waals surface area contributed by atoms with Gasteiger partial charge in [0.1, 0.15) is 0 Å². The van der Waals surface area contributed by atoms with Crippen molar-refractivity contribution in [2.24, 2.45) is 0 Å². The maximum Gasteiger partial charge on any atom is 0.306 e. The lowest BCUT2D eigenvalue weighted by atomic mass is 9.94. The third-order valence-corrected chi connectivity index (χ3v) is 1.96. The Balaban J connectivity index is 2.69. The van der Waals surface area contributed by atoms with Crippen LogP contribution in [0.4, 0.5) is 0 Å². The molecule has 0 spiro atoms. The first-order valence-electron chi connectivity index (χ1n) is 3.81. The maximum absolute atomic E-state index is 11.4. The second-order valence-electron chi connectivity index (χ2n) is 2.80. The average molecular weight is 175 g/mol. The van der Waals surface area contributed by atoms with Gasteiger partial charge in [0.25, 0.3) is 5.78 Å². The third-order valence-electron chi connectivity index (χ3n) is 1.96. The van der Waals surface area contributed by atoms with E-state index in [1.54, 1.807) is 24.3 Å². The molecule has 2 rings (SSSR count). The zero-order chi connectivity index (χ0) is 9.42. The van der Waals surface area contributed by atoms with Crippen molar-refractivity contribution in [2.45, 2.75) is 0 Å². The normalized spacial score (nSPS) is 15.2. The topological polar surface area (TPSA) is 57.0 Å². The first-order valence-corrected chi connectivity index (χ1v) is 3.81. The van der Waals surface area contributed by atoms with Crippen molar-refractivity contribution in [1.82, 2.24) is 0 Å². The maximum atomic E-state index is 11.4. The van der Waals surface area contributed by atoms with Crippen LogP contribution in [0.15, 0.2) is 36.1 Å². The SMILES string of the molecule is O=C1C=C([OH2+])C(=O)c2ccccc21. The fraction of sp³-hybridized carbons (Fsp3) is 0. The summed E-state index contributed by atoms with van der Waals surface area (Å²) in [5.74, 6) is -0.876. The quantitative estimate of drug-likeness (QED) is 0.544. The number of benzene rings is 1. The molecule has 1 aliphatic carbocycles. The van der Waals surface area contributed by atoms with Crippen LogP contribution in [0.3, 0.4) is 0 Å². The Morgan fingerprint density at radius 3 is 2.31 bits per heavy atom. The molecule has 0 saturated heterocycles. The van der Waals surface area contributed by atoms with Crippen molar-refractivity contribution in [1.29, 1.82) is 0 Å². The van der Waals surface area contributed by atoms with Gasteiger partial charge in [-0.2, -0.15) is 0 Å².